The van der Waals surface area contributed by atoms with E-state index < -0.39 is 11.9 Å². The summed E-state index contributed by atoms with van der Waals surface area (Å²) in [5, 5.41) is 10.4. The van der Waals surface area contributed by atoms with Crippen LogP contribution in [0, 0.1) is 12.7 Å². The van der Waals surface area contributed by atoms with Crippen LogP contribution in [0.2, 0.25) is 0 Å². The SMILES string of the molecule is Cc1[nH]nc2ncc(NC(=O)C(C)Oc3cccc(F)c3)cc12. The summed E-state index contributed by atoms with van der Waals surface area (Å²) in [7, 11) is 0. The van der Waals surface area contributed by atoms with E-state index in [1.807, 2.05) is 6.92 Å². The molecule has 6 nitrogen and oxygen atoms in total. The molecule has 3 aromatic rings. The number of fused-ring (bicyclic) bond motifs is 1. The molecule has 0 fully saturated rings. The number of carbonyl (C=O) groups excluding carboxylic acids is 1. The van der Waals surface area contributed by atoms with E-state index in [1.165, 1.54) is 24.4 Å². The van der Waals surface area contributed by atoms with Crippen LogP contribution in [0.25, 0.3) is 11.0 Å². The molecule has 0 saturated carbocycles. The molecule has 0 aliphatic carbocycles. The van der Waals surface area contributed by atoms with Gasteiger partial charge in [0.25, 0.3) is 5.91 Å². The molecule has 2 heterocycles. The highest BCUT2D eigenvalue weighted by atomic mass is 19.1. The summed E-state index contributed by atoms with van der Waals surface area (Å²) in [5.41, 5.74) is 2.00. The summed E-state index contributed by atoms with van der Waals surface area (Å²) in [4.78, 5) is 16.3. The molecule has 0 saturated heterocycles. The van der Waals surface area contributed by atoms with Crippen molar-refractivity contribution in [2.45, 2.75) is 20.0 Å². The first kappa shape index (κ1) is 15.0. The fourth-order valence-corrected chi connectivity index (χ4v) is 2.13. The van der Waals surface area contributed by atoms with Crippen molar-refractivity contribution >= 4 is 22.6 Å². The van der Waals surface area contributed by atoms with E-state index in [0.717, 1.165) is 11.1 Å². The largest absolute Gasteiger partial charge is 0.481 e. The summed E-state index contributed by atoms with van der Waals surface area (Å²) in [6.45, 7) is 3.47. The molecule has 0 bridgehead atoms. The van der Waals surface area contributed by atoms with E-state index in [4.69, 9.17) is 4.74 Å². The lowest BCUT2D eigenvalue weighted by atomic mass is 10.2. The fourth-order valence-electron chi connectivity index (χ4n) is 2.13. The van der Waals surface area contributed by atoms with Crippen molar-refractivity contribution in [3.8, 4) is 5.75 Å². The molecule has 0 spiro atoms. The lowest BCUT2D eigenvalue weighted by Gasteiger charge is -2.14. The number of nitrogens with zero attached hydrogens (tertiary/aromatic N) is 2. The number of H-pyrrole nitrogens is 1. The van der Waals surface area contributed by atoms with Crippen LogP contribution < -0.4 is 10.1 Å². The summed E-state index contributed by atoms with van der Waals surface area (Å²) in [6, 6.07) is 7.44. The zero-order valence-electron chi connectivity index (χ0n) is 12.6. The molecule has 1 atom stereocenters. The van der Waals surface area contributed by atoms with E-state index >= 15 is 0 Å². The van der Waals surface area contributed by atoms with Crippen LogP contribution in [-0.2, 0) is 4.79 Å². The van der Waals surface area contributed by atoms with Gasteiger partial charge >= 0.3 is 0 Å². The Morgan fingerprint density at radius 1 is 1.39 bits per heavy atom. The molecule has 3 rings (SSSR count). The lowest BCUT2D eigenvalue weighted by Crippen LogP contribution is -2.30. The second-order valence-corrected chi connectivity index (χ2v) is 5.15. The molecule has 2 aromatic heterocycles. The van der Waals surface area contributed by atoms with Crippen molar-refractivity contribution in [1.82, 2.24) is 15.2 Å². The third-order valence-electron chi connectivity index (χ3n) is 3.35. The Morgan fingerprint density at radius 2 is 2.22 bits per heavy atom. The molecule has 7 heteroatoms. The Labute approximate surface area is 131 Å². The first-order chi connectivity index (χ1) is 11.0. The van der Waals surface area contributed by atoms with Gasteiger partial charge in [-0.1, -0.05) is 6.07 Å². The Kier molecular flexibility index (Phi) is 3.92. The van der Waals surface area contributed by atoms with E-state index in [0.29, 0.717) is 17.1 Å². The molecule has 118 valence electrons. The van der Waals surface area contributed by atoms with Crippen molar-refractivity contribution in [3.05, 3.63) is 48.0 Å². The standard InChI is InChI=1S/C16H15FN4O2/c1-9-14-7-12(8-18-15(14)21-20-9)19-16(22)10(2)23-13-5-3-4-11(17)6-13/h3-8,10H,1-2H3,(H,19,22)(H,18,20,21). The number of hydrogen-bond donors (Lipinski definition) is 2. The van der Waals surface area contributed by atoms with Crippen LogP contribution in [0.3, 0.4) is 0 Å². The minimum Gasteiger partial charge on any atom is -0.481 e. The Hall–Kier alpha value is -2.96. The summed E-state index contributed by atoms with van der Waals surface area (Å²) in [5.74, 6) is -0.469. The highest BCUT2D eigenvalue weighted by Gasteiger charge is 2.16. The van der Waals surface area contributed by atoms with Crippen LogP contribution >= 0.6 is 0 Å². The smallest absolute Gasteiger partial charge is 0.265 e. The maximum Gasteiger partial charge on any atom is 0.265 e. The molecule has 0 aliphatic heterocycles. The number of benzene rings is 1. The van der Waals surface area contributed by atoms with Gasteiger partial charge < -0.3 is 10.1 Å². The predicted molar refractivity (Wildman–Crippen MR) is 83.7 cm³/mol. The number of carbonyl (C=O) groups is 1. The van der Waals surface area contributed by atoms with E-state index in [1.54, 1.807) is 19.1 Å². The number of pyridine rings is 1. The van der Waals surface area contributed by atoms with Crippen molar-refractivity contribution in [1.29, 1.82) is 0 Å². The quantitative estimate of drug-likeness (QED) is 0.776. The van der Waals surface area contributed by atoms with Gasteiger partial charge in [-0.3, -0.25) is 9.89 Å². The highest BCUT2D eigenvalue weighted by molar-refractivity contribution is 5.95. The second-order valence-electron chi connectivity index (χ2n) is 5.15. The first-order valence-electron chi connectivity index (χ1n) is 7.07. The number of aromatic amines is 1. The Balaban J connectivity index is 1.70. The molecule has 1 unspecified atom stereocenters. The molecule has 1 amide bonds. The summed E-state index contributed by atoms with van der Waals surface area (Å²) >= 11 is 0. The van der Waals surface area contributed by atoms with Crippen LogP contribution in [0.4, 0.5) is 10.1 Å². The van der Waals surface area contributed by atoms with Gasteiger partial charge in [0, 0.05) is 17.1 Å². The monoisotopic (exact) mass is 314 g/mol. The normalized spacial score (nSPS) is 12.1. The predicted octanol–water partition coefficient (Wildman–Crippen LogP) is 2.81. The van der Waals surface area contributed by atoms with Gasteiger partial charge in [-0.2, -0.15) is 5.10 Å². The Bertz CT molecular complexity index is 862. The molecule has 0 aliphatic rings. The molecule has 2 N–H and O–H groups in total. The molecule has 23 heavy (non-hydrogen) atoms. The topological polar surface area (TPSA) is 79.9 Å². The average Bonchev–Trinajstić information content (AvgIpc) is 2.88. The zero-order valence-corrected chi connectivity index (χ0v) is 12.6. The fraction of sp³-hybridized carbons (Fsp3) is 0.188. The third-order valence-corrected chi connectivity index (χ3v) is 3.35. The van der Waals surface area contributed by atoms with Crippen LogP contribution in [0.5, 0.6) is 5.75 Å². The zero-order chi connectivity index (χ0) is 16.4. The van der Waals surface area contributed by atoms with Crippen molar-refractivity contribution in [2.75, 3.05) is 5.32 Å². The maximum atomic E-state index is 13.1. The first-order valence-corrected chi connectivity index (χ1v) is 7.07. The maximum absolute atomic E-state index is 13.1. The number of rotatable bonds is 4. The van der Waals surface area contributed by atoms with Gasteiger partial charge in [-0.15, -0.1) is 0 Å². The van der Waals surface area contributed by atoms with Crippen molar-refractivity contribution in [2.24, 2.45) is 0 Å². The number of ether oxygens (including phenoxy) is 1. The van der Waals surface area contributed by atoms with Crippen LogP contribution in [-0.4, -0.2) is 27.2 Å². The van der Waals surface area contributed by atoms with Crippen molar-refractivity contribution < 1.29 is 13.9 Å². The van der Waals surface area contributed by atoms with E-state index in [2.05, 4.69) is 20.5 Å². The third kappa shape index (κ3) is 3.28. The number of hydrogen-bond acceptors (Lipinski definition) is 4. The minimum absolute atomic E-state index is 0.298. The number of aryl methyl sites for hydroxylation is 1. The molecule has 1 aromatic carbocycles. The number of aromatic nitrogens is 3. The van der Waals surface area contributed by atoms with Gasteiger partial charge in [-0.25, -0.2) is 9.37 Å². The summed E-state index contributed by atoms with van der Waals surface area (Å²) in [6.07, 6.45) is 0.744. The van der Waals surface area contributed by atoms with Gasteiger partial charge in [0.2, 0.25) is 0 Å². The second kappa shape index (κ2) is 6.04. The van der Waals surface area contributed by atoms with Gasteiger partial charge in [-0.05, 0) is 32.0 Å². The number of anilines is 1. The van der Waals surface area contributed by atoms with E-state index in [-0.39, 0.29) is 5.91 Å². The average molecular weight is 314 g/mol. The number of nitrogens with one attached hydrogen (secondary N) is 2. The van der Waals surface area contributed by atoms with Crippen LogP contribution in [0.1, 0.15) is 12.6 Å². The number of amides is 1. The van der Waals surface area contributed by atoms with Crippen LogP contribution in [0.15, 0.2) is 36.5 Å². The van der Waals surface area contributed by atoms with Gasteiger partial charge in [0.05, 0.1) is 11.9 Å². The van der Waals surface area contributed by atoms with Gasteiger partial charge in [0.15, 0.2) is 11.8 Å². The Morgan fingerprint density at radius 3 is 3.00 bits per heavy atom. The molecule has 0 radical (unpaired) electrons. The number of halogens is 1. The molecular formula is C16H15FN4O2. The molecular weight excluding hydrogens is 299 g/mol. The van der Waals surface area contributed by atoms with Crippen molar-refractivity contribution in [3.63, 3.8) is 0 Å². The minimum atomic E-state index is -0.780. The van der Waals surface area contributed by atoms with E-state index in [9.17, 15) is 9.18 Å². The highest BCUT2D eigenvalue weighted by Crippen LogP contribution is 2.18. The van der Waals surface area contributed by atoms with Gasteiger partial charge in [0.1, 0.15) is 11.6 Å². The lowest BCUT2D eigenvalue weighted by molar-refractivity contribution is -0.122. The summed E-state index contributed by atoms with van der Waals surface area (Å²) < 4.78 is 18.6.